The molecule has 0 aromatic heterocycles. The minimum Gasteiger partial charge on any atom is -0.459 e. The Kier molecular flexibility index (Phi) is 17.3. The highest BCUT2D eigenvalue weighted by atomic mass is 16.8. The maximum absolute atomic E-state index is 14.2. The van der Waals surface area contributed by atoms with Crippen LogP contribution in [0, 0.1) is 0 Å². The van der Waals surface area contributed by atoms with E-state index in [4.69, 9.17) is 42.6 Å². The van der Waals surface area contributed by atoms with Crippen LogP contribution in [0.4, 0.5) is 0 Å². The standard InChI is InChI=1S/C56H55NO13/c1-37-47(62-33-39-21-9-3-10-22-39)50(63-34-40-23-11-4-12-24-40)51(56(66-37)65-35-41-25-13-5-14-26-41)70-55-46(57-38(2)58)49(69-54(61)44-31-19-8-20-32-44)48(68-53(60)43-29-17-7-18-30-43)45(67-55)36-64-52(59)42-27-15-6-16-28-42/h3-32,37,45-51,55-56H,33-36H2,1-2H3,(H,57,58)/t37-,45+,46-,47-,48+,49+,50+,51+,55-,56+/m0/s1. The Morgan fingerprint density at radius 3 is 1.34 bits per heavy atom. The molecule has 6 aromatic carbocycles. The third-order valence-electron chi connectivity index (χ3n) is 11.8. The van der Waals surface area contributed by atoms with Gasteiger partial charge in [0.1, 0.15) is 37.1 Å². The van der Waals surface area contributed by atoms with E-state index in [1.54, 1.807) is 91.0 Å². The Hall–Kier alpha value is -7.04. The van der Waals surface area contributed by atoms with Crippen molar-refractivity contribution in [2.45, 2.75) is 95.0 Å². The molecule has 1 amide bonds. The highest BCUT2D eigenvalue weighted by Crippen LogP contribution is 2.36. The fourth-order valence-corrected chi connectivity index (χ4v) is 8.28. The molecule has 0 saturated carbocycles. The summed E-state index contributed by atoms with van der Waals surface area (Å²) in [6.45, 7) is 3.05. The molecule has 10 atom stereocenters. The second kappa shape index (κ2) is 24.5. The van der Waals surface area contributed by atoms with Crippen molar-refractivity contribution in [3.8, 4) is 0 Å². The number of benzene rings is 6. The predicted octanol–water partition coefficient (Wildman–Crippen LogP) is 8.04. The predicted molar refractivity (Wildman–Crippen MR) is 255 cm³/mol. The van der Waals surface area contributed by atoms with Crippen LogP contribution in [0.15, 0.2) is 182 Å². The number of hydrogen-bond donors (Lipinski definition) is 1. The van der Waals surface area contributed by atoms with Crippen molar-refractivity contribution in [3.05, 3.63) is 215 Å². The second-order valence-electron chi connectivity index (χ2n) is 16.8. The van der Waals surface area contributed by atoms with Crippen molar-refractivity contribution in [2.75, 3.05) is 6.61 Å². The molecule has 0 aliphatic carbocycles. The minimum absolute atomic E-state index is 0.104. The van der Waals surface area contributed by atoms with Gasteiger partial charge < -0.3 is 47.9 Å². The quantitative estimate of drug-likeness (QED) is 0.0614. The van der Waals surface area contributed by atoms with Gasteiger partial charge in [-0.25, -0.2) is 14.4 Å². The lowest BCUT2D eigenvalue weighted by Crippen LogP contribution is -2.69. The molecule has 6 aromatic rings. The van der Waals surface area contributed by atoms with E-state index < -0.39 is 91.8 Å². The Labute approximate surface area is 406 Å². The van der Waals surface area contributed by atoms with Gasteiger partial charge in [-0.2, -0.15) is 0 Å². The van der Waals surface area contributed by atoms with Crippen LogP contribution in [-0.2, 0) is 67.2 Å². The number of carbonyl (C=O) groups excluding carboxylic acids is 4. The van der Waals surface area contributed by atoms with Gasteiger partial charge in [0, 0.05) is 6.92 Å². The molecule has 2 aliphatic rings. The summed E-state index contributed by atoms with van der Waals surface area (Å²) in [6, 6.07) is 52.1. The maximum Gasteiger partial charge on any atom is 0.338 e. The number of rotatable bonds is 19. The zero-order valence-corrected chi connectivity index (χ0v) is 38.7. The first kappa shape index (κ1) is 49.4. The van der Waals surface area contributed by atoms with Crippen molar-refractivity contribution >= 4 is 23.8 Å². The van der Waals surface area contributed by atoms with Crippen LogP contribution < -0.4 is 5.32 Å². The van der Waals surface area contributed by atoms with Gasteiger partial charge in [0.15, 0.2) is 24.8 Å². The van der Waals surface area contributed by atoms with Gasteiger partial charge in [-0.15, -0.1) is 0 Å². The zero-order valence-electron chi connectivity index (χ0n) is 38.7. The van der Waals surface area contributed by atoms with E-state index in [0.29, 0.717) is 0 Å². The average molecular weight is 950 g/mol. The largest absolute Gasteiger partial charge is 0.459 e. The third-order valence-corrected chi connectivity index (χ3v) is 11.8. The summed E-state index contributed by atoms with van der Waals surface area (Å²) in [4.78, 5) is 55.2. The molecular formula is C56H55NO13. The highest BCUT2D eigenvalue weighted by Gasteiger charge is 2.55. The van der Waals surface area contributed by atoms with Crippen LogP contribution in [0.1, 0.15) is 61.6 Å². The van der Waals surface area contributed by atoms with E-state index >= 15 is 0 Å². The Balaban J connectivity index is 1.21. The maximum atomic E-state index is 14.2. The molecule has 8 rings (SSSR count). The van der Waals surface area contributed by atoms with Crippen LogP contribution in [0.5, 0.6) is 0 Å². The molecule has 0 radical (unpaired) electrons. The van der Waals surface area contributed by atoms with Crippen molar-refractivity contribution in [2.24, 2.45) is 0 Å². The van der Waals surface area contributed by atoms with Gasteiger partial charge in [-0.05, 0) is 60.0 Å². The van der Waals surface area contributed by atoms with E-state index in [1.807, 2.05) is 97.9 Å². The molecule has 14 heteroatoms. The molecule has 0 spiro atoms. The average Bonchev–Trinajstić information content (AvgIpc) is 3.40. The molecule has 1 N–H and O–H groups in total. The molecule has 2 fully saturated rings. The summed E-state index contributed by atoms with van der Waals surface area (Å²) in [6.07, 6.45) is -10.6. The molecule has 0 unspecified atom stereocenters. The van der Waals surface area contributed by atoms with Gasteiger partial charge in [0.05, 0.1) is 42.6 Å². The van der Waals surface area contributed by atoms with Gasteiger partial charge >= 0.3 is 17.9 Å². The molecule has 2 heterocycles. The number of esters is 3. The van der Waals surface area contributed by atoms with Gasteiger partial charge in [-0.3, -0.25) is 4.79 Å². The fourth-order valence-electron chi connectivity index (χ4n) is 8.28. The molecule has 362 valence electrons. The van der Waals surface area contributed by atoms with Crippen molar-refractivity contribution in [1.82, 2.24) is 5.32 Å². The van der Waals surface area contributed by atoms with E-state index in [1.165, 1.54) is 6.92 Å². The van der Waals surface area contributed by atoms with Crippen LogP contribution in [0.25, 0.3) is 0 Å². The number of hydrogen-bond acceptors (Lipinski definition) is 13. The third kappa shape index (κ3) is 13.2. The second-order valence-corrected chi connectivity index (χ2v) is 16.8. The van der Waals surface area contributed by atoms with Crippen molar-refractivity contribution in [3.63, 3.8) is 0 Å². The van der Waals surface area contributed by atoms with E-state index in [9.17, 15) is 19.2 Å². The first-order valence-electron chi connectivity index (χ1n) is 23.1. The van der Waals surface area contributed by atoms with Crippen molar-refractivity contribution < 1.29 is 61.8 Å². The molecule has 14 nitrogen and oxygen atoms in total. The first-order valence-corrected chi connectivity index (χ1v) is 23.1. The van der Waals surface area contributed by atoms with Crippen LogP contribution >= 0.6 is 0 Å². The highest BCUT2D eigenvalue weighted by molar-refractivity contribution is 5.91. The summed E-state index contributed by atoms with van der Waals surface area (Å²) >= 11 is 0. The zero-order chi connectivity index (χ0) is 48.7. The molecule has 2 aliphatic heterocycles. The van der Waals surface area contributed by atoms with Gasteiger partial charge in [-0.1, -0.05) is 146 Å². The number of carbonyl (C=O) groups is 4. The Bertz CT molecular complexity index is 2570. The molecule has 2 saturated heterocycles. The van der Waals surface area contributed by atoms with Gasteiger partial charge in [0.25, 0.3) is 0 Å². The van der Waals surface area contributed by atoms with Crippen LogP contribution in [-0.4, -0.2) is 91.8 Å². The van der Waals surface area contributed by atoms with E-state index in [0.717, 1.165) is 16.7 Å². The lowest BCUT2D eigenvalue weighted by atomic mass is 9.94. The van der Waals surface area contributed by atoms with Crippen molar-refractivity contribution in [1.29, 1.82) is 0 Å². The summed E-state index contributed by atoms with van der Waals surface area (Å²) in [7, 11) is 0. The smallest absolute Gasteiger partial charge is 0.338 e. The number of ether oxygens (including phenoxy) is 9. The number of nitrogens with one attached hydrogen (secondary N) is 1. The summed E-state index contributed by atoms with van der Waals surface area (Å²) in [5, 5.41) is 2.88. The fraction of sp³-hybridized carbons (Fsp3) is 0.286. The monoisotopic (exact) mass is 949 g/mol. The lowest BCUT2D eigenvalue weighted by molar-refractivity contribution is -0.361. The molecular weight excluding hydrogens is 895 g/mol. The van der Waals surface area contributed by atoms with E-state index in [2.05, 4.69) is 5.32 Å². The molecule has 70 heavy (non-hydrogen) atoms. The van der Waals surface area contributed by atoms with Gasteiger partial charge in [0.2, 0.25) is 5.91 Å². The minimum atomic E-state index is -1.55. The van der Waals surface area contributed by atoms with Crippen LogP contribution in [0.3, 0.4) is 0 Å². The number of amides is 1. The van der Waals surface area contributed by atoms with Crippen LogP contribution in [0.2, 0.25) is 0 Å². The Morgan fingerprint density at radius 1 is 0.457 bits per heavy atom. The van der Waals surface area contributed by atoms with E-state index in [-0.39, 0.29) is 36.5 Å². The summed E-state index contributed by atoms with van der Waals surface area (Å²) in [5.41, 5.74) is 3.22. The SMILES string of the molecule is CC(=O)N[C@@H]1[C@H](O[C@H]2[C@H](OCc3ccccc3)O[C@@H](C)[C@H](OCc3ccccc3)[C@H]2OCc2ccccc2)O[C@H](COC(=O)c2ccccc2)[C@@H](OC(=O)c2ccccc2)[C@@H]1OC(=O)c1ccccc1. The lowest BCUT2D eigenvalue weighted by Gasteiger charge is -2.49. The summed E-state index contributed by atoms with van der Waals surface area (Å²) in [5.74, 6) is -2.86. The first-order chi connectivity index (χ1) is 34.2. The topological polar surface area (TPSA) is 163 Å². The normalized spacial score (nSPS) is 24.1. The Morgan fingerprint density at radius 2 is 0.871 bits per heavy atom. The molecule has 0 bridgehead atoms. The summed E-state index contributed by atoms with van der Waals surface area (Å²) < 4.78 is 59.0.